The Balaban J connectivity index is 1.79. The largest absolute Gasteiger partial charge is 0.389 e. The Morgan fingerprint density at radius 1 is 1.40 bits per heavy atom. The summed E-state index contributed by atoms with van der Waals surface area (Å²) in [6.45, 7) is 1.50. The molecule has 0 amide bonds. The summed E-state index contributed by atoms with van der Waals surface area (Å²) in [6, 6.07) is 6.31. The number of benzene rings is 1. The molecule has 0 spiro atoms. The van der Waals surface area contributed by atoms with Crippen LogP contribution in [-0.4, -0.2) is 35.7 Å². The molecule has 4 heteroatoms. The summed E-state index contributed by atoms with van der Waals surface area (Å²) in [5.41, 5.74) is 6.41. The van der Waals surface area contributed by atoms with Gasteiger partial charge in [0.05, 0.1) is 5.60 Å². The van der Waals surface area contributed by atoms with Gasteiger partial charge in [-0.25, -0.2) is 4.39 Å². The predicted molar refractivity (Wildman–Crippen MR) is 78.9 cm³/mol. The number of rotatable bonds is 6. The molecular weight excluding hydrogens is 255 g/mol. The fourth-order valence-corrected chi connectivity index (χ4v) is 3.04. The van der Waals surface area contributed by atoms with Crippen molar-refractivity contribution < 1.29 is 9.50 Å². The van der Waals surface area contributed by atoms with E-state index in [1.807, 2.05) is 13.1 Å². The maximum atomic E-state index is 13.1. The van der Waals surface area contributed by atoms with Crippen molar-refractivity contribution in [2.45, 2.75) is 43.7 Å². The fraction of sp³-hybridized carbons (Fsp3) is 0.625. The summed E-state index contributed by atoms with van der Waals surface area (Å²) < 4.78 is 13.1. The molecular formula is C16H25FN2O. The Bertz CT molecular complexity index is 432. The van der Waals surface area contributed by atoms with E-state index in [4.69, 9.17) is 5.73 Å². The zero-order valence-corrected chi connectivity index (χ0v) is 12.2. The third kappa shape index (κ3) is 4.27. The smallest absolute Gasteiger partial charge is 0.123 e. The predicted octanol–water partition coefficient (Wildman–Crippen LogP) is 2.45. The highest BCUT2D eigenvalue weighted by atomic mass is 19.1. The van der Waals surface area contributed by atoms with E-state index in [1.54, 1.807) is 6.07 Å². The number of aliphatic hydroxyl groups is 1. The molecule has 1 aromatic rings. The van der Waals surface area contributed by atoms with Gasteiger partial charge in [0, 0.05) is 12.6 Å². The normalized spacial score (nSPS) is 19.4. The fourth-order valence-electron chi connectivity index (χ4n) is 3.04. The Labute approximate surface area is 120 Å². The second-order valence-electron chi connectivity index (χ2n) is 6.12. The van der Waals surface area contributed by atoms with Gasteiger partial charge in [0.25, 0.3) is 0 Å². The molecule has 3 N–H and O–H groups in total. The van der Waals surface area contributed by atoms with Crippen LogP contribution in [0.1, 0.15) is 43.7 Å². The summed E-state index contributed by atoms with van der Waals surface area (Å²) in [7, 11) is 2.01. The van der Waals surface area contributed by atoms with Crippen LogP contribution in [0.2, 0.25) is 0 Å². The van der Waals surface area contributed by atoms with E-state index in [9.17, 15) is 9.50 Å². The lowest BCUT2D eigenvalue weighted by atomic mass is 10.0. The van der Waals surface area contributed by atoms with Gasteiger partial charge in [-0.2, -0.15) is 0 Å². The maximum absolute atomic E-state index is 13.1. The van der Waals surface area contributed by atoms with Crippen molar-refractivity contribution in [3.63, 3.8) is 0 Å². The molecule has 3 nitrogen and oxygen atoms in total. The molecule has 2 rings (SSSR count). The molecule has 112 valence electrons. The van der Waals surface area contributed by atoms with E-state index >= 15 is 0 Å². The summed E-state index contributed by atoms with van der Waals surface area (Å²) in [4.78, 5) is 2.13. The highest BCUT2D eigenvalue weighted by Crippen LogP contribution is 2.30. The Hall–Kier alpha value is -0.970. The second kappa shape index (κ2) is 6.66. The molecule has 1 atom stereocenters. The zero-order valence-electron chi connectivity index (χ0n) is 12.2. The van der Waals surface area contributed by atoms with E-state index in [-0.39, 0.29) is 11.9 Å². The van der Waals surface area contributed by atoms with Crippen molar-refractivity contribution in [2.24, 2.45) is 5.73 Å². The van der Waals surface area contributed by atoms with Crippen LogP contribution in [0.4, 0.5) is 4.39 Å². The molecule has 1 aliphatic carbocycles. The van der Waals surface area contributed by atoms with Gasteiger partial charge in [0.15, 0.2) is 0 Å². The molecule has 1 aromatic carbocycles. The molecule has 1 unspecified atom stereocenters. The van der Waals surface area contributed by atoms with Crippen LogP contribution in [0.15, 0.2) is 24.3 Å². The topological polar surface area (TPSA) is 49.5 Å². The van der Waals surface area contributed by atoms with Crippen molar-refractivity contribution in [3.8, 4) is 0 Å². The summed E-state index contributed by atoms with van der Waals surface area (Å²) in [5, 5.41) is 10.4. The molecule has 0 heterocycles. The SMILES string of the molecule is CN(CCC(N)c1cccc(F)c1)CC1(O)CCCC1. The first-order valence-electron chi connectivity index (χ1n) is 7.40. The minimum Gasteiger partial charge on any atom is -0.389 e. The number of likely N-dealkylation sites (N-methyl/N-ethyl adjacent to an activating group) is 1. The van der Waals surface area contributed by atoms with E-state index in [0.717, 1.165) is 44.2 Å². The quantitative estimate of drug-likeness (QED) is 0.841. The standard InChI is InChI=1S/C16H25FN2O/c1-19(12-16(20)8-2-3-9-16)10-7-15(18)13-5-4-6-14(17)11-13/h4-6,11,15,20H,2-3,7-10,12,18H2,1H3. The lowest BCUT2D eigenvalue weighted by Gasteiger charge is -2.29. The number of halogens is 1. The Morgan fingerprint density at radius 3 is 2.75 bits per heavy atom. The van der Waals surface area contributed by atoms with E-state index in [1.165, 1.54) is 12.1 Å². The van der Waals surface area contributed by atoms with Crippen LogP contribution in [-0.2, 0) is 0 Å². The molecule has 1 aliphatic rings. The maximum Gasteiger partial charge on any atom is 0.123 e. The first-order valence-corrected chi connectivity index (χ1v) is 7.40. The van der Waals surface area contributed by atoms with Crippen LogP contribution in [0.5, 0.6) is 0 Å². The molecule has 0 saturated heterocycles. The molecule has 1 fully saturated rings. The number of nitrogens with zero attached hydrogens (tertiary/aromatic N) is 1. The van der Waals surface area contributed by atoms with Gasteiger partial charge in [-0.3, -0.25) is 0 Å². The molecule has 1 saturated carbocycles. The monoisotopic (exact) mass is 280 g/mol. The van der Waals surface area contributed by atoms with Crippen LogP contribution in [0.3, 0.4) is 0 Å². The van der Waals surface area contributed by atoms with Gasteiger partial charge in [-0.1, -0.05) is 25.0 Å². The highest BCUT2D eigenvalue weighted by Gasteiger charge is 2.32. The summed E-state index contributed by atoms with van der Waals surface area (Å²) in [5.74, 6) is -0.244. The number of hydrogen-bond donors (Lipinski definition) is 2. The van der Waals surface area contributed by atoms with Crippen molar-refractivity contribution in [1.29, 1.82) is 0 Å². The van der Waals surface area contributed by atoms with Gasteiger partial charge in [-0.05, 0) is 50.6 Å². The average molecular weight is 280 g/mol. The van der Waals surface area contributed by atoms with Gasteiger partial charge < -0.3 is 15.7 Å². The van der Waals surface area contributed by atoms with Gasteiger partial charge in [0.1, 0.15) is 5.82 Å². The van der Waals surface area contributed by atoms with Crippen LogP contribution in [0.25, 0.3) is 0 Å². The van der Waals surface area contributed by atoms with Crippen LogP contribution < -0.4 is 5.73 Å². The van der Waals surface area contributed by atoms with Crippen LogP contribution >= 0.6 is 0 Å². The van der Waals surface area contributed by atoms with Crippen LogP contribution in [0, 0.1) is 5.82 Å². The second-order valence-corrected chi connectivity index (χ2v) is 6.12. The summed E-state index contributed by atoms with van der Waals surface area (Å²) >= 11 is 0. The molecule has 0 aromatic heterocycles. The van der Waals surface area contributed by atoms with Crippen molar-refractivity contribution in [1.82, 2.24) is 4.90 Å². The average Bonchev–Trinajstić information content (AvgIpc) is 2.82. The van der Waals surface area contributed by atoms with Crippen molar-refractivity contribution in [3.05, 3.63) is 35.6 Å². The minimum atomic E-state index is -0.516. The van der Waals surface area contributed by atoms with Gasteiger partial charge in [0.2, 0.25) is 0 Å². The van der Waals surface area contributed by atoms with Gasteiger partial charge in [-0.15, -0.1) is 0 Å². The Morgan fingerprint density at radius 2 is 2.10 bits per heavy atom. The first kappa shape index (κ1) is 15.4. The zero-order chi connectivity index (χ0) is 14.6. The third-order valence-corrected chi connectivity index (χ3v) is 4.20. The first-order chi connectivity index (χ1) is 9.48. The Kier molecular flexibility index (Phi) is 5.13. The molecule has 0 bridgehead atoms. The van der Waals surface area contributed by atoms with E-state index in [0.29, 0.717) is 6.54 Å². The minimum absolute atomic E-state index is 0.161. The van der Waals surface area contributed by atoms with Crippen molar-refractivity contribution >= 4 is 0 Å². The molecule has 0 aliphatic heterocycles. The highest BCUT2D eigenvalue weighted by molar-refractivity contribution is 5.19. The van der Waals surface area contributed by atoms with Gasteiger partial charge >= 0.3 is 0 Å². The third-order valence-electron chi connectivity index (χ3n) is 4.20. The van der Waals surface area contributed by atoms with E-state index < -0.39 is 5.60 Å². The van der Waals surface area contributed by atoms with Crippen molar-refractivity contribution in [2.75, 3.05) is 20.1 Å². The molecule has 0 radical (unpaired) electrons. The lowest BCUT2D eigenvalue weighted by Crippen LogP contribution is -2.40. The number of nitrogens with two attached hydrogens (primary N) is 1. The summed E-state index contributed by atoms with van der Waals surface area (Å²) in [6.07, 6.45) is 4.79. The van der Waals surface area contributed by atoms with E-state index in [2.05, 4.69) is 4.90 Å². The lowest BCUT2D eigenvalue weighted by molar-refractivity contribution is 0.0158. The number of hydrogen-bond acceptors (Lipinski definition) is 3. The molecule has 20 heavy (non-hydrogen) atoms.